The number of nitrogens with zero attached hydrogens (tertiary/aromatic N) is 1. The molecule has 0 aromatic carbocycles. The maximum Gasteiger partial charge on any atom is 0.0224 e. The van der Waals surface area contributed by atoms with Crippen molar-refractivity contribution in [1.29, 1.82) is 0 Å². The predicted molar refractivity (Wildman–Crippen MR) is 67.1 cm³/mol. The molecule has 0 aliphatic carbocycles. The van der Waals surface area contributed by atoms with Gasteiger partial charge in [-0.3, -0.25) is 0 Å². The normalized spacial score (nSPS) is 11.5. The number of thioether (sulfide) groups is 2. The smallest absolute Gasteiger partial charge is 0.0224 e. The lowest BCUT2D eigenvalue weighted by Gasteiger charge is -2.06. The van der Waals surface area contributed by atoms with Crippen molar-refractivity contribution in [2.75, 3.05) is 24.6 Å². The minimum atomic E-state index is 0.750. The average Bonchev–Trinajstić information content (AvgIpc) is 2.01. The van der Waals surface area contributed by atoms with Crippen molar-refractivity contribution in [1.82, 2.24) is 5.32 Å². The Morgan fingerprint density at radius 3 is 1.54 bits per heavy atom. The first-order chi connectivity index (χ1) is 6.13. The molecule has 0 spiro atoms. The molecule has 0 unspecified atom stereocenters. The van der Waals surface area contributed by atoms with Crippen LogP contribution in [0.5, 0.6) is 0 Å². The lowest BCUT2D eigenvalue weighted by atomic mass is 10.6. The molecular weight excluding hydrogens is 198 g/mol. The first kappa shape index (κ1) is 13.7. The molecule has 0 heterocycles. The van der Waals surface area contributed by atoms with Gasteiger partial charge in [-0.2, -0.15) is 23.5 Å². The van der Waals surface area contributed by atoms with Crippen LogP contribution in [0.1, 0.15) is 27.7 Å². The van der Waals surface area contributed by atoms with Gasteiger partial charge in [0.1, 0.15) is 0 Å². The molecule has 0 saturated heterocycles. The highest BCUT2D eigenvalue weighted by Gasteiger charge is 1.96. The molecule has 1 radical (unpaired) electrons. The molecule has 0 aromatic rings. The van der Waals surface area contributed by atoms with Crippen LogP contribution in [0.3, 0.4) is 0 Å². The highest BCUT2D eigenvalue weighted by atomic mass is 32.2. The maximum absolute atomic E-state index is 4.47. The van der Waals surface area contributed by atoms with Crippen LogP contribution in [-0.4, -0.2) is 35.1 Å². The van der Waals surface area contributed by atoms with Gasteiger partial charge in [-0.15, -0.1) is 0 Å². The van der Waals surface area contributed by atoms with E-state index >= 15 is 0 Å². The fourth-order valence-electron chi connectivity index (χ4n) is 0.818. The van der Waals surface area contributed by atoms with Gasteiger partial charge in [0.25, 0.3) is 0 Å². The van der Waals surface area contributed by atoms with E-state index in [2.05, 4.69) is 33.0 Å². The van der Waals surface area contributed by atoms with Crippen molar-refractivity contribution in [2.45, 2.75) is 38.2 Å². The monoisotopic (exact) mass is 220 g/mol. The summed E-state index contributed by atoms with van der Waals surface area (Å²) in [5.74, 6) is 2.37. The molecule has 13 heavy (non-hydrogen) atoms. The second-order valence-corrected chi connectivity index (χ2v) is 6.88. The second kappa shape index (κ2) is 9.22. The molecule has 0 aliphatic heterocycles. The maximum atomic E-state index is 4.47. The third-order valence-electron chi connectivity index (χ3n) is 1.40. The summed E-state index contributed by atoms with van der Waals surface area (Å²) in [4.78, 5) is 0. The van der Waals surface area contributed by atoms with Crippen LogP contribution in [0.25, 0.3) is 0 Å². The molecule has 0 rings (SSSR count). The Morgan fingerprint density at radius 1 is 0.846 bits per heavy atom. The Kier molecular flexibility index (Phi) is 9.69. The molecule has 0 saturated carbocycles. The summed E-state index contributed by atoms with van der Waals surface area (Å²) < 4.78 is 0. The SMILES string of the molecule is CC(C)SCC[N]CCSC(C)C. The summed E-state index contributed by atoms with van der Waals surface area (Å²) in [5.41, 5.74) is 0. The van der Waals surface area contributed by atoms with Crippen LogP contribution in [-0.2, 0) is 0 Å². The number of rotatable bonds is 8. The Balaban J connectivity index is 2.92. The van der Waals surface area contributed by atoms with Gasteiger partial charge in [0.15, 0.2) is 0 Å². The van der Waals surface area contributed by atoms with E-state index in [1.165, 1.54) is 11.5 Å². The van der Waals surface area contributed by atoms with Gasteiger partial charge in [-0.1, -0.05) is 27.7 Å². The zero-order chi connectivity index (χ0) is 10.1. The first-order valence-corrected chi connectivity index (χ1v) is 7.09. The summed E-state index contributed by atoms with van der Waals surface area (Å²) in [7, 11) is 0. The Hall–Kier alpha value is 0.660. The van der Waals surface area contributed by atoms with Crippen molar-refractivity contribution < 1.29 is 0 Å². The molecule has 79 valence electrons. The second-order valence-electron chi connectivity index (χ2n) is 3.51. The van der Waals surface area contributed by atoms with Gasteiger partial charge < -0.3 is 0 Å². The lowest BCUT2D eigenvalue weighted by Crippen LogP contribution is -2.13. The van der Waals surface area contributed by atoms with Gasteiger partial charge in [0.2, 0.25) is 0 Å². The van der Waals surface area contributed by atoms with E-state index in [4.69, 9.17) is 0 Å². The third-order valence-corrected chi connectivity index (χ3v) is 3.57. The molecule has 0 N–H and O–H groups in total. The first-order valence-electron chi connectivity index (χ1n) is 4.99. The summed E-state index contributed by atoms with van der Waals surface area (Å²) in [6, 6.07) is 0. The topological polar surface area (TPSA) is 14.1 Å². The van der Waals surface area contributed by atoms with Gasteiger partial charge in [-0.05, 0) is 10.5 Å². The largest absolute Gasteiger partial charge is 0.240 e. The van der Waals surface area contributed by atoms with Crippen LogP contribution < -0.4 is 5.32 Å². The van der Waals surface area contributed by atoms with E-state index in [1.54, 1.807) is 0 Å². The molecule has 0 fully saturated rings. The third kappa shape index (κ3) is 12.7. The standard InChI is InChI=1S/C10H22NS2/c1-9(2)12-7-5-11-6-8-13-10(3)4/h9-10H,5-8H2,1-4H3. The van der Waals surface area contributed by atoms with Crippen LogP contribution in [0, 0.1) is 0 Å². The van der Waals surface area contributed by atoms with Crippen LogP contribution in [0.4, 0.5) is 0 Å². The molecule has 0 amide bonds. The Labute approximate surface area is 91.8 Å². The van der Waals surface area contributed by atoms with Crippen LogP contribution in [0.2, 0.25) is 0 Å². The van der Waals surface area contributed by atoms with E-state index in [1.807, 2.05) is 23.5 Å². The molecule has 0 bridgehead atoms. The van der Waals surface area contributed by atoms with Gasteiger partial charge >= 0.3 is 0 Å². The fraction of sp³-hybridized carbons (Fsp3) is 1.00. The summed E-state index contributed by atoms with van der Waals surface area (Å²) in [6.07, 6.45) is 0. The van der Waals surface area contributed by atoms with E-state index in [-0.39, 0.29) is 0 Å². The molecular formula is C10H22NS2. The fourth-order valence-corrected chi connectivity index (χ4v) is 2.23. The van der Waals surface area contributed by atoms with Crippen LogP contribution in [0.15, 0.2) is 0 Å². The van der Waals surface area contributed by atoms with Crippen molar-refractivity contribution in [3.05, 3.63) is 0 Å². The zero-order valence-electron chi connectivity index (χ0n) is 9.25. The molecule has 1 nitrogen and oxygen atoms in total. The number of hydrogen-bond donors (Lipinski definition) is 0. The summed E-state index contributed by atoms with van der Waals surface area (Å²) in [6.45, 7) is 11.0. The van der Waals surface area contributed by atoms with Gasteiger partial charge in [0, 0.05) is 24.6 Å². The van der Waals surface area contributed by atoms with Gasteiger partial charge in [0.05, 0.1) is 0 Å². The molecule has 0 atom stereocenters. The van der Waals surface area contributed by atoms with E-state index in [0.29, 0.717) is 0 Å². The van der Waals surface area contributed by atoms with Crippen molar-refractivity contribution >= 4 is 23.5 Å². The van der Waals surface area contributed by atoms with E-state index < -0.39 is 0 Å². The number of hydrogen-bond acceptors (Lipinski definition) is 2. The highest BCUT2D eigenvalue weighted by Crippen LogP contribution is 2.08. The molecule has 3 heteroatoms. The van der Waals surface area contributed by atoms with E-state index in [9.17, 15) is 0 Å². The van der Waals surface area contributed by atoms with Crippen molar-refractivity contribution in [3.63, 3.8) is 0 Å². The van der Waals surface area contributed by atoms with Crippen molar-refractivity contribution in [2.24, 2.45) is 0 Å². The average molecular weight is 220 g/mol. The minimum absolute atomic E-state index is 0.750. The van der Waals surface area contributed by atoms with Gasteiger partial charge in [-0.25, -0.2) is 5.32 Å². The quantitative estimate of drug-likeness (QED) is 0.584. The predicted octanol–water partition coefficient (Wildman–Crippen LogP) is 2.87. The zero-order valence-corrected chi connectivity index (χ0v) is 10.9. The Bertz CT molecular complexity index is 93.1. The lowest BCUT2D eigenvalue weighted by molar-refractivity contribution is 0.755. The Morgan fingerprint density at radius 2 is 1.23 bits per heavy atom. The minimum Gasteiger partial charge on any atom is -0.240 e. The summed E-state index contributed by atoms with van der Waals surface area (Å²) in [5, 5.41) is 5.97. The molecule has 0 aliphatic rings. The highest BCUT2D eigenvalue weighted by molar-refractivity contribution is 8.00. The van der Waals surface area contributed by atoms with E-state index in [0.717, 1.165) is 23.6 Å². The van der Waals surface area contributed by atoms with Crippen LogP contribution >= 0.6 is 23.5 Å². The van der Waals surface area contributed by atoms with Crippen molar-refractivity contribution in [3.8, 4) is 0 Å². The molecule has 0 aromatic heterocycles. The summed E-state index contributed by atoms with van der Waals surface area (Å²) >= 11 is 3.99.